The van der Waals surface area contributed by atoms with Crippen molar-refractivity contribution in [3.63, 3.8) is 0 Å². The third-order valence-corrected chi connectivity index (χ3v) is 22.2. The van der Waals surface area contributed by atoms with E-state index in [0.29, 0.717) is 0 Å². The lowest BCUT2D eigenvalue weighted by molar-refractivity contribution is 1.18. The van der Waals surface area contributed by atoms with Crippen LogP contribution in [0, 0.1) is 0 Å². The summed E-state index contributed by atoms with van der Waals surface area (Å²) in [7, 11) is -2.77. The Kier molecular flexibility index (Phi) is 11.9. The number of rotatable bonds is 11. The summed E-state index contributed by atoms with van der Waals surface area (Å²) in [6, 6.07) is 121. The summed E-state index contributed by atoms with van der Waals surface area (Å²) < 4.78 is 4.77. The Bertz CT molecular complexity index is 4980. The van der Waals surface area contributed by atoms with Gasteiger partial charge in [-0.05, 0) is 150 Å². The van der Waals surface area contributed by atoms with Gasteiger partial charge in [0, 0.05) is 56.1 Å². The van der Waals surface area contributed by atoms with Crippen LogP contribution < -0.4 is 25.6 Å². The minimum atomic E-state index is -2.77. The molecule has 13 aromatic carbocycles. The molecule has 84 heavy (non-hydrogen) atoms. The Morgan fingerprint density at radius 1 is 0.262 bits per heavy atom. The van der Waals surface area contributed by atoms with Crippen LogP contribution >= 0.6 is 0 Å². The summed E-state index contributed by atoms with van der Waals surface area (Å²) in [6.07, 6.45) is 2.22. The van der Waals surface area contributed by atoms with Crippen molar-refractivity contribution < 1.29 is 0 Å². The van der Waals surface area contributed by atoms with Gasteiger partial charge in [-0.3, -0.25) is 0 Å². The molecular weight excluding hydrogens is 1030 g/mol. The highest BCUT2D eigenvalue weighted by molar-refractivity contribution is 7.19. The van der Waals surface area contributed by atoms with Gasteiger partial charge in [-0.2, -0.15) is 0 Å². The van der Waals surface area contributed by atoms with Gasteiger partial charge in [0.15, 0.2) is 8.07 Å². The largest absolute Gasteiger partial charge is 0.315 e. The molecule has 3 nitrogen and oxygen atoms in total. The van der Waals surface area contributed by atoms with Crippen LogP contribution in [0.3, 0.4) is 0 Å². The van der Waals surface area contributed by atoms with E-state index in [0.717, 1.165) is 33.9 Å². The molecule has 4 heteroatoms. The minimum absolute atomic E-state index is 1.08. The smallest absolute Gasteiger partial charge is 0.179 e. The first-order valence-electron chi connectivity index (χ1n) is 29.0. The van der Waals surface area contributed by atoms with Gasteiger partial charge in [-0.1, -0.05) is 243 Å². The second-order valence-electron chi connectivity index (χ2n) is 22.0. The standard InChI is InChI=1S/C80H55N3Si/c1-6-22-58(23-7-1)78-77-36-20-21-53-81(77)80-72-34-17-16-32-69(72)70-51-41-59(55-74(70)79(78)80)56-37-43-62(44-38-56)82(64-47-49-68(50-48-64)84(65-26-10-3-11-27-65,66-28-12-4-13-29-66)67-30-14-5-15-31-67)63-45-39-57(40-46-63)60-42-52-76-73(54-60)71-33-18-19-35-75(71)83(76)61-24-8-2-9-25-61/h1-55H. The highest BCUT2D eigenvalue weighted by Gasteiger charge is 2.41. The minimum Gasteiger partial charge on any atom is -0.315 e. The van der Waals surface area contributed by atoms with Crippen molar-refractivity contribution in [2.75, 3.05) is 4.90 Å². The van der Waals surface area contributed by atoms with Crippen molar-refractivity contribution in [2.24, 2.45) is 0 Å². The fourth-order valence-electron chi connectivity index (χ4n) is 13.7. The number of hydrogen-bond acceptors (Lipinski definition) is 1. The Morgan fingerprint density at radius 2 is 0.679 bits per heavy atom. The Hall–Kier alpha value is -10.8. The number of fused-ring (bicyclic) bond motifs is 11. The van der Waals surface area contributed by atoms with Crippen LogP contribution in [-0.2, 0) is 0 Å². The molecule has 0 unspecified atom stereocenters. The van der Waals surface area contributed by atoms with E-state index < -0.39 is 8.07 Å². The molecule has 0 bridgehead atoms. The number of aromatic nitrogens is 2. The van der Waals surface area contributed by atoms with E-state index >= 15 is 0 Å². The van der Waals surface area contributed by atoms with E-state index in [4.69, 9.17) is 0 Å². The molecular formula is C80H55N3Si. The van der Waals surface area contributed by atoms with E-state index in [1.807, 2.05) is 0 Å². The first kappa shape index (κ1) is 49.1. The lowest BCUT2D eigenvalue weighted by atomic mass is 9.91. The molecule has 0 radical (unpaired) electrons. The lowest BCUT2D eigenvalue weighted by Crippen LogP contribution is -2.74. The third kappa shape index (κ3) is 7.95. The molecule has 16 rings (SSSR count). The highest BCUT2D eigenvalue weighted by atomic mass is 28.3. The zero-order chi connectivity index (χ0) is 55.6. The predicted octanol–water partition coefficient (Wildman–Crippen LogP) is 18.3. The number of hydrogen-bond donors (Lipinski definition) is 0. The molecule has 0 spiro atoms. The number of anilines is 3. The van der Waals surface area contributed by atoms with Crippen molar-refractivity contribution in [2.45, 2.75) is 0 Å². The molecule has 0 fully saturated rings. The third-order valence-electron chi connectivity index (χ3n) is 17.5. The lowest BCUT2D eigenvalue weighted by Gasteiger charge is -2.35. The second kappa shape index (κ2) is 20.3. The summed E-state index contributed by atoms with van der Waals surface area (Å²) in [5.74, 6) is 0. The van der Waals surface area contributed by atoms with Crippen LogP contribution in [0.25, 0.3) is 98.8 Å². The summed E-state index contributed by atoms with van der Waals surface area (Å²) in [5.41, 5.74) is 16.4. The first-order chi connectivity index (χ1) is 41.7. The van der Waals surface area contributed by atoms with Gasteiger partial charge in [0.1, 0.15) is 0 Å². The predicted molar refractivity (Wildman–Crippen MR) is 359 cm³/mol. The molecule has 0 saturated heterocycles. The van der Waals surface area contributed by atoms with E-state index in [1.54, 1.807) is 0 Å². The van der Waals surface area contributed by atoms with Crippen molar-refractivity contribution in [1.82, 2.24) is 8.97 Å². The van der Waals surface area contributed by atoms with E-state index in [2.05, 4.69) is 348 Å². The van der Waals surface area contributed by atoms with Gasteiger partial charge < -0.3 is 13.9 Å². The van der Waals surface area contributed by atoms with Crippen LogP contribution in [0.5, 0.6) is 0 Å². The number of benzene rings is 13. The number of nitrogens with zero attached hydrogens (tertiary/aromatic N) is 3. The molecule has 16 aromatic rings. The molecule has 3 aromatic heterocycles. The van der Waals surface area contributed by atoms with Gasteiger partial charge in [0.2, 0.25) is 0 Å². The zero-order valence-corrected chi connectivity index (χ0v) is 47.1. The van der Waals surface area contributed by atoms with Crippen LogP contribution in [0.4, 0.5) is 17.1 Å². The normalized spacial score (nSPS) is 11.8. The summed E-state index contributed by atoms with van der Waals surface area (Å²) >= 11 is 0. The summed E-state index contributed by atoms with van der Waals surface area (Å²) in [6.45, 7) is 0. The molecule has 0 N–H and O–H groups in total. The molecule has 394 valence electrons. The molecule has 0 aliphatic carbocycles. The van der Waals surface area contributed by atoms with E-state index in [9.17, 15) is 0 Å². The maximum absolute atomic E-state index is 2.77. The SMILES string of the molecule is c1ccc(-c2c3c4cc(-c5ccc(N(c6ccc(-c7ccc8c(c7)c7ccccc7n8-c7ccccc7)cc6)c6ccc([Si](c7ccccc7)(c7ccccc7)c7ccccc7)cc6)cc5)ccc4c4ccccc4c3n3ccccc23)cc1. The Morgan fingerprint density at radius 3 is 1.27 bits per heavy atom. The van der Waals surface area contributed by atoms with Gasteiger partial charge in [-0.25, -0.2) is 0 Å². The van der Waals surface area contributed by atoms with Gasteiger partial charge in [-0.15, -0.1) is 0 Å². The second-order valence-corrected chi connectivity index (χ2v) is 25.8. The maximum atomic E-state index is 2.43. The fourth-order valence-corrected chi connectivity index (χ4v) is 18.5. The molecule has 0 aliphatic rings. The summed E-state index contributed by atoms with van der Waals surface area (Å²) in [4.78, 5) is 2.42. The first-order valence-corrected chi connectivity index (χ1v) is 31.0. The van der Waals surface area contributed by atoms with Crippen molar-refractivity contribution >= 4 is 106 Å². The number of para-hydroxylation sites is 2. The molecule has 0 amide bonds. The average molecular weight is 1090 g/mol. The fraction of sp³-hybridized carbons (Fsp3) is 0. The average Bonchev–Trinajstić information content (AvgIpc) is 2.31. The van der Waals surface area contributed by atoms with Gasteiger partial charge in [0.25, 0.3) is 0 Å². The molecule has 0 saturated carbocycles. The van der Waals surface area contributed by atoms with E-state index in [1.165, 1.54) is 103 Å². The summed E-state index contributed by atoms with van der Waals surface area (Å²) in [5, 5.41) is 14.1. The quantitative estimate of drug-likeness (QED) is 0.0714. The van der Waals surface area contributed by atoms with Crippen molar-refractivity contribution in [3.05, 3.63) is 334 Å². The van der Waals surface area contributed by atoms with Crippen LogP contribution in [0.1, 0.15) is 0 Å². The molecule has 3 heterocycles. The number of pyridine rings is 1. The van der Waals surface area contributed by atoms with Crippen molar-refractivity contribution in [3.8, 4) is 39.1 Å². The molecule has 0 atom stereocenters. The van der Waals surface area contributed by atoms with Crippen LogP contribution in [-0.4, -0.2) is 17.0 Å². The van der Waals surface area contributed by atoms with Crippen molar-refractivity contribution in [1.29, 1.82) is 0 Å². The zero-order valence-electron chi connectivity index (χ0n) is 46.1. The monoisotopic (exact) mass is 1090 g/mol. The Balaban J connectivity index is 0.839. The van der Waals surface area contributed by atoms with Crippen LogP contribution in [0.2, 0.25) is 0 Å². The molecule has 0 aliphatic heterocycles. The van der Waals surface area contributed by atoms with Gasteiger partial charge >= 0.3 is 0 Å². The topological polar surface area (TPSA) is 12.6 Å². The van der Waals surface area contributed by atoms with Gasteiger partial charge in [0.05, 0.1) is 22.1 Å². The highest BCUT2D eigenvalue weighted by Crippen LogP contribution is 2.46. The Labute approximate surface area is 489 Å². The maximum Gasteiger partial charge on any atom is 0.179 e. The van der Waals surface area contributed by atoms with E-state index in [-0.39, 0.29) is 0 Å². The van der Waals surface area contributed by atoms with Crippen LogP contribution in [0.15, 0.2) is 334 Å².